The molecule has 0 spiro atoms. The maximum Gasteiger partial charge on any atom is 0.192 e. The highest BCUT2D eigenvalue weighted by molar-refractivity contribution is 5.76. The summed E-state index contributed by atoms with van der Waals surface area (Å²) in [6.07, 6.45) is 1.17. The maximum absolute atomic E-state index is 11.8. The Hall–Kier alpha value is -2.59. The van der Waals surface area contributed by atoms with E-state index in [1.165, 1.54) is 12.3 Å². The fourth-order valence-corrected chi connectivity index (χ4v) is 2.43. The maximum atomic E-state index is 11.8. The molecule has 2 aromatic carbocycles. The van der Waals surface area contributed by atoms with E-state index in [1.54, 1.807) is 19.2 Å². The first-order valence-electron chi connectivity index (χ1n) is 7.00. The van der Waals surface area contributed by atoms with Gasteiger partial charge in [0.15, 0.2) is 5.43 Å². The third kappa shape index (κ3) is 2.87. The Bertz CT molecular complexity index is 834. The van der Waals surface area contributed by atoms with Gasteiger partial charge >= 0.3 is 0 Å². The molecular formula is C18H16O4. The number of hydrogen-bond donors (Lipinski definition) is 1. The van der Waals surface area contributed by atoms with Crippen LogP contribution in [0.5, 0.6) is 5.75 Å². The molecule has 1 aromatic heterocycles. The van der Waals surface area contributed by atoms with Gasteiger partial charge in [0, 0.05) is 12.5 Å². The van der Waals surface area contributed by atoms with Crippen molar-refractivity contribution in [3.63, 3.8) is 0 Å². The molecule has 22 heavy (non-hydrogen) atoms. The van der Waals surface area contributed by atoms with E-state index in [1.807, 2.05) is 30.3 Å². The minimum absolute atomic E-state index is 0.0814. The van der Waals surface area contributed by atoms with Crippen molar-refractivity contribution < 1.29 is 14.3 Å². The van der Waals surface area contributed by atoms with Crippen LogP contribution in [0.4, 0.5) is 0 Å². The first-order valence-corrected chi connectivity index (χ1v) is 7.00. The molecule has 1 unspecified atom stereocenters. The molecule has 1 N–H and O–H groups in total. The molecule has 3 rings (SSSR count). The average Bonchev–Trinajstić information content (AvgIpc) is 2.55. The van der Waals surface area contributed by atoms with Crippen molar-refractivity contribution in [1.29, 1.82) is 0 Å². The fourth-order valence-electron chi connectivity index (χ4n) is 2.43. The van der Waals surface area contributed by atoms with E-state index in [4.69, 9.17) is 9.15 Å². The van der Waals surface area contributed by atoms with Crippen LogP contribution in [0.15, 0.2) is 64.0 Å². The molecule has 1 heterocycles. The number of ether oxygens (including phenoxy) is 1. The summed E-state index contributed by atoms with van der Waals surface area (Å²) in [5.41, 5.74) is 2.16. The van der Waals surface area contributed by atoms with Gasteiger partial charge in [0.2, 0.25) is 0 Å². The van der Waals surface area contributed by atoms with Gasteiger partial charge in [-0.25, -0.2) is 0 Å². The van der Waals surface area contributed by atoms with Crippen LogP contribution in [0, 0.1) is 0 Å². The monoisotopic (exact) mass is 296 g/mol. The van der Waals surface area contributed by atoms with E-state index in [9.17, 15) is 9.90 Å². The molecule has 0 radical (unpaired) electrons. The summed E-state index contributed by atoms with van der Waals surface area (Å²) >= 11 is 0. The topological polar surface area (TPSA) is 59.7 Å². The van der Waals surface area contributed by atoms with Crippen LogP contribution in [0.2, 0.25) is 0 Å². The largest absolute Gasteiger partial charge is 0.497 e. The van der Waals surface area contributed by atoms with Gasteiger partial charge in [-0.15, -0.1) is 0 Å². The third-order valence-electron chi connectivity index (χ3n) is 3.65. The Morgan fingerprint density at radius 1 is 1.14 bits per heavy atom. The summed E-state index contributed by atoms with van der Waals surface area (Å²) in [6.45, 7) is 0. The lowest BCUT2D eigenvalue weighted by molar-refractivity contribution is 0.178. The zero-order valence-electron chi connectivity index (χ0n) is 12.2. The van der Waals surface area contributed by atoms with E-state index in [2.05, 4.69) is 0 Å². The SMILES string of the molecule is COc1ccc(C(O)Cc2ccc3occc(=O)c3c2)cc1. The summed E-state index contributed by atoms with van der Waals surface area (Å²) < 4.78 is 10.4. The van der Waals surface area contributed by atoms with Gasteiger partial charge in [-0.3, -0.25) is 4.79 Å². The second-order valence-electron chi connectivity index (χ2n) is 5.11. The Balaban J connectivity index is 1.85. The minimum Gasteiger partial charge on any atom is -0.497 e. The fraction of sp³-hybridized carbons (Fsp3) is 0.167. The van der Waals surface area contributed by atoms with Crippen LogP contribution in [0.3, 0.4) is 0 Å². The molecular weight excluding hydrogens is 280 g/mol. The van der Waals surface area contributed by atoms with E-state index in [0.717, 1.165) is 16.9 Å². The summed E-state index contributed by atoms with van der Waals surface area (Å²) in [5.74, 6) is 0.749. The molecule has 4 heteroatoms. The Kier molecular flexibility index (Phi) is 3.94. The molecule has 0 aliphatic heterocycles. The molecule has 112 valence electrons. The lowest BCUT2D eigenvalue weighted by Gasteiger charge is -2.12. The lowest BCUT2D eigenvalue weighted by Crippen LogP contribution is -2.03. The van der Waals surface area contributed by atoms with E-state index >= 15 is 0 Å². The van der Waals surface area contributed by atoms with Crippen LogP contribution >= 0.6 is 0 Å². The van der Waals surface area contributed by atoms with E-state index in [-0.39, 0.29) is 5.43 Å². The van der Waals surface area contributed by atoms with Crippen LogP contribution in [-0.2, 0) is 6.42 Å². The van der Waals surface area contributed by atoms with Crippen LogP contribution in [0.25, 0.3) is 11.0 Å². The molecule has 0 saturated heterocycles. The number of hydrogen-bond acceptors (Lipinski definition) is 4. The predicted molar refractivity (Wildman–Crippen MR) is 84.1 cm³/mol. The first-order chi connectivity index (χ1) is 10.7. The van der Waals surface area contributed by atoms with Crippen molar-refractivity contribution >= 4 is 11.0 Å². The highest BCUT2D eigenvalue weighted by Crippen LogP contribution is 2.22. The average molecular weight is 296 g/mol. The van der Waals surface area contributed by atoms with Crippen LogP contribution in [0.1, 0.15) is 17.2 Å². The van der Waals surface area contributed by atoms with Gasteiger partial charge in [-0.05, 0) is 35.4 Å². The summed E-state index contributed by atoms with van der Waals surface area (Å²) in [7, 11) is 1.60. The van der Waals surface area contributed by atoms with Crippen LogP contribution in [-0.4, -0.2) is 12.2 Å². The summed E-state index contributed by atoms with van der Waals surface area (Å²) in [4.78, 5) is 11.8. The van der Waals surface area contributed by atoms with Crippen molar-refractivity contribution in [2.24, 2.45) is 0 Å². The van der Waals surface area contributed by atoms with Crippen molar-refractivity contribution in [1.82, 2.24) is 0 Å². The second-order valence-corrected chi connectivity index (χ2v) is 5.11. The number of rotatable bonds is 4. The normalized spacial score (nSPS) is 12.3. The molecule has 1 atom stereocenters. The standard InChI is InChI=1S/C18H16O4/c1-21-14-5-3-13(4-6-14)17(20)11-12-2-7-18-15(10-12)16(19)8-9-22-18/h2-10,17,20H,11H2,1H3. The van der Waals surface area contributed by atoms with Crippen molar-refractivity contribution in [2.75, 3.05) is 7.11 Å². The summed E-state index contributed by atoms with van der Waals surface area (Å²) in [6, 6.07) is 14.1. The molecule has 3 aromatic rings. The smallest absolute Gasteiger partial charge is 0.192 e. The zero-order chi connectivity index (χ0) is 15.5. The number of aliphatic hydroxyl groups is 1. The van der Waals surface area contributed by atoms with Gasteiger partial charge < -0.3 is 14.3 Å². The molecule has 0 saturated carbocycles. The molecule has 0 aliphatic rings. The molecule has 0 bridgehead atoms. The van der Waals surface area contributed by atoms with Crippen LogP contribution < -0.4 is 10.2 Å². The first kappa shape index (κ1) is 14.4. The van der Waals surface area contributed by atoms with Gasteiger partial charge in [-0.1, -0.05) is 18.2 Å². The van der Waals surface area contributed by atoms with Crippen molar-refractivity contribution in [3.8, 4) is 5.75 Å². The predicted octanol–water partition coefficient (Wildman–Crippen LogP) is 3.08. The van der Waals surface area contributed by atoms with Gasteiger partial charge in [0.25, 0.3) is 0 Å². The molecule has 0 amide bonds. The quantitative estimate of drug-likeness (QED) is 0.803. The van der Waals surface area contributed by atoms with Gasteiger partial charge in [-0.2, -0.15) is 0 Å². The van der Waals surface area contributed by atoms with E-state index in [0.29, 0.717) is 17.4 Å². The second kappa shape index (κ2) is 6.03. The van der Waals surface area contributed by atoms with Crippen molar-refractivity contribution in [3.05, 3.63) is 76.1 Å². The van der Waals surface area contributed by atoms with E-state index < -0.39 is 6.10 Å². The Morgan fingerprint density at radius 2 is 1.91 bits per heavy atom. The third-order valence-corrected chi connectivity index (χ3v) is 3.65. The molecule has 0 fully saturated rings. The highest BCUT2D eigenvalue weighted by atomic mass is 16.5. The molecule has 4 nitrogen and oxygen atoms in total. The number of benzene rings is 2. The van der Waals surface area contributed by atoms with Crippen molar-refractivity contribution in [2.45, 2.75) is 12.5 Å². The minimum atomic E-state index is -0.640. The number of aliphatic hydroxyl groups excluding tert-OH is 1. The zero-order valence-corrected chi connectivity index (χ0v) is 12.2. The Labute approximate surface area is 127 Å². The van der Waals surface area contributed by atoms with Gasteiger partial charge in [0.05, 0.1) is 24.9 Å². The number of methoxy groups -OCH3 is 1. The number of fused-ring (bicyclic) bond motifs is 1. The summed E-state index contributed by atoms with van der Waals surface area (Å²) in [5, 5.41) is 10.9. The molecule has 0 aliphatic carbocycles. The highest BCUT2D eigenvalue weighted by Gasteiger charge is 2.10. The van der Waals surface area contributed by atoms with Gasteiger partial charge in [0.1, 0.15) is 11.3 Å². The lowest BCUT2D eigenvalue weighted by atomic mass is 10.0. The Morgan fingerprint density at radius 3 is 2.64 bits per heavy atom.